The summed E-state index contributed by atoms with van der Waals surface area (Å²) in [5.74, 6) is 0.133. The largest absolute Gasteiger partial charge is 0.381 e. The molecule has 2 rings (SSSR count). The van der Waals surface area contributed by atoms with Crippen molar-refractivity contribution in [1.82, 2.24) is 4.90 Å². The van der Waals surface area contributed by atoms with Gasteiger partial charge in [0.05, 0.1) is 13.2 Å². The molecule has 2 N–H and O–H groups in total. The monoisotopic (exact) mass is 228 g/mol. The van der Waals surface area contributed by atoms with Crippen LogP contribution >= 0.6 is 0 Å². The van der Waals surface area contributed by atoms with Crippen LogP contribution in [0.25, 0.3) is 0 Å². The second-order valence-electron chi connectivity index (χ2n) is 4.74. The second-order valence-corrected chi connectivity index (χ2v) is 4.74. The number of amides is 1. The van der Waals surface area contributed by atoms with Crippen LogP contribution in [0.1, 0.15) is 12.8 Å². The van der Waals surface area contributed by atoms with E-state index < -0.39 is 5.41 Å². The smallest absolute Gasteiger partial charge is 0.234 e. The molecule has 2 aliphatic rings. The van der Waals surface area contributed by atoms with Gasteiger partial charge in [0.25, 0.3) is 0 Å². The standard InChI is InChI=1S/C11H20N2O3/c1-13(9-2-4-15-5-3-9)10(14)11(6-12)7-16-8-11/h9H,2-8,12H2,1H3. The molecule has 0 aromatic rings. The molecule has 0 aromatic carbocycles. The lowest BCUT2D eigenvalue weighted by atomic mass is 9.84. The van der Waals surface area contributed by atoms with E-state index in [4.69, 9.17) is 15.2 Å². The van der Waals surface area contributed by atoms with Crippen molar-refractivity contribution in [1.29, 1.82) is 0 Å². The van der Waals surface area contributed by atoms with E-state index in [9.17, 15) is 4.79 Å². The van der Waals surface area contributed by atoms with Crippen LogP contribution in [0.15, 0.2) is 0 Å². The third kappa shape index (κ3) is 1.95. The van der Waals surface area contributed by atoms with Crippen LogP contribution in [0, 0.1) is 5.41 Å². The van der Waals surface area contributed by atoms with Gasteiger partial charge in [-0.1, -0.05) is 0 Å². The van der Waals surface area contributed by atoms with Crippen LogP contribution in [0.5, 0.6) is 0 Å². The van der Waals surface area contributed by atoms with Gasteiger partial charge >= 0.3 is 0 Å². The Morgan fingerprint density at radius 3 is 2.44 bits per heavy atom. The first-order valence-corrected chi connectivity index (χ1v) is 5.82. The Morgan fingerprint density at radius 2 is 2.00 bits per heavy atom. The number of nitrogens with two attached hydrogens (primary N) is 1. The molecule has 0 aliphatic carbocycles. The topological polar surface area (TPSA) is 64.8 Å². The van der Waals surface area contributed by atoms with Crippen molar-refractivity contribution in [2.45, 2.75) is 18.9 Å². The summed E-state index contributed by atoms with van der Waals surface area (Å²) in [6, 6.07) is 0.297. The predicted molar refractivity (Wildman–Crippen MR) is 58.9 cm³/mol. The van der Waals surface area contributed by atoms with E-state index in [1.807, 2.05) is 11.9 Å². The lowest BCUT2D eigenvalue weighted by Gasteiger charge is -2.43. The summed E-state index contributed by atoms with van der Waals surface area (Å²) >= 11 is 0. The zero-order chi connectivity index (χ0) is 11.6. The number of rotatable bonds is 3. The van der Waals surface area contributed by atoms with Gasteiger partial charge in [-0.05, 0) is 12.8 Å². The molecular formula is C11H20N2O3. The summed E-state index contributed by atoms with van der Waals surface area (Å²) in [7, 11) is 1.87. The summed E-state index contributed by atoms with van der Waals surface area (Å²) in [5, 5.41) is 0. The van der Waals surface area contributed by atoms with Gasteiger partial charge in [0.15, 0.2) is 0 Å². The number of nitrogens with zero attached hydrogens (tertiary/aromatic N) is 1. The van der Waals surface area contributed by atoms with E-state index in [1.54, 1.807) is 0 Å². The Balaban J connectivity index is 1.97. The van der Waals surface area contributed by atoms with Gasteiger partial charge < -0.3 is 20.1 Å². The van der Waals surface area contributed by atoms with E-state index in [-0.39, 0.29) is 5.91 Å². The molecule has 5 heteroatoms. The van der Waals surface area contributed by atoms with Gasteiger partial charge in [0, 0.05) is 32.8 Å². The van der Waals surface area contributed by atoms with Gasteiger partial charge in [-0.3, -0.25) is 4.79 Å². The predicted octanol–water partition coefficient (Wildman–Crippen LogP) is -0.401. The minimum Gasteiger partial charge on any atom is -0.381 e. The lowest BCUT2D eigenvalue weighted by Crippen LogP contribution is -2.60. The molecule has 2 fully saturated rings. The SMILES string of the molecule is CN(C(=O)C1(CN)COC1)C1CCOCC1. The van der Waals surface area contributed by atoms with Crippen molar-refractivity contribution in [2.75, 3.05) is 40.0 Å². The van der Waals surface area contributed by atoms with Crippen molar-refractivity contribution in [2.24, 2.45) is 11.1 Å². The molecule has 0 aromatic heterocycles. The Kier molecular flexibility index (Phi) is 3.47. The minimum atomic E-state index is -0.451. The van der Waals surface area contributed by atoms with Crippen molar-refractivity contribution in [3.63, 3.8) is 0 Å². The van der Waals surface area contributed by atoms with Gasteiger partial charge in [-0.25, -0.2) is 0 Å². The molecule has 0 atom stereocenters. The quantitative estimate of drug-likeness (QED) is 0.714. The first-order valence-electron chi connectivity index (χ1n) is 5.82. The van der Waals surface area contributed by atoms with E-state index >= 15 is 0 Å². The molecule has 0 unspecified atom stereocenters. The number of hydrogen-bond donors (Lipinski definition) is 1. The van der Waals surface area contributed by atoms with Crippen LogP contribution in [-0.4, -0.2) is 56.9 Å². The van der Waals surface area contributed by atoms with E-state index in [2.05, 4.69) is 0 Å². The maximum absolute atomic E-state index is 12.3. The Hall–Kier alpha value is -0.650. The maximum atomic E-state index is 12.3. The number of ether oxygens (including phenoxy) is 2. The molecule has 1 amide bonds. The van der Waals surface area contributed by atoms with Gasteiger partial charge in [-0.2, -0.15) is 0 Å². The molecule has 2 heterocycles. The fourth-order valence-corrected chi connectivity index (χ4v) is 2.29. The molecular weight excluding hydrogens is 208 g/mol. The number of carbonyl (C=O) groups excluding carboxylic acids is 1. The number of carbonyl (C=O) groups is 1. The Bertz CT molecular complexity index is 254. The molecule has 0 saturated carbocycles. The van der Waals surface area contributed by atoms with Crippen molar-refractivity contribution < 1.29 is 14.3 Å². The normalized spacial score (nSPS) is 24.9. The summed E-state index contributed by atoms with van der Waals surface area (Å²) in [6.45, 7) is 2.80. The van der Waals surface area contributed by atoms with Gasteiger partial charge in [0.1, 0.15) is 5.41 Å². The zero-order valence-corrected chi connectivity index (χ0v) is 9.78. The molecule has 0 radical (unpaired) electrons. The molecule has 0 spiro atoms. The van der Waals surface area contributed by atoms with E-state index in [0.717, 1.165) is 26.1 Å². The summed E-state index contributed by atoms with van der Waals surface area (Å²) < 4.78 is 10.4. The highest BCUT2D eigenvalue weighted by Crippen LogP contribution is 2.30. The highest BCUT2D eigenvalue weighted by molar-refractivity contribution is 5.84. The average molecular weight is 228 g/mol. The average Bonchev–Trinajstić information content (AvgIpc) is 2.28. The number of hydrogen-bond acceptors (Lipinski definition) is 4. The molecule has 5 nitrogen and oxygen atoms in total. The van der Waals surface area contributed by atoms with Gasteiger partial charge in [0.2, 0.25) is 5.91 Å². The van der Waals surface area contributed by atoms with Crippen LogP contribution < -0.4 is 5.73 Å². The third-order valence-corrected chi connectivity index (χ3v) is 3.66. The van der Waals surface area contributed by atoms with Crippen LogP contribution in [0.4, 0.5) is 0 Å². The molecule has 16 heavy (non-hydrogen) atoms. The van der Waals surface area contributed by atoms with Crippen LogP contribution in [0.3, 0.4) is 0 Å². The highest BCUT2D eigenvalue weighted by atomic mass is 16.5. The molecule has 2 aliphatic heterocycles. The Morgan fingerprint density at radius 1 is 1.38 bits per heavy atom. The van der Waals surface area contributed by atoms with E-state index in [1.165, 1.54) is 0 Å². The van der Waals surface area contributed by atoms with Crippen molar-refractivity contribution in [3.05, 3.63) is 0 Å². The summed E-state index contributed by atoms with van der Waals surface area (Å²) in [5.41, 5.74) is 5.23. The summed E-state index contributed by atoms with van der Waals surface area (Å²) in [6.07, 6.45) is 1.84. The zero-order valence-electron chi connectivity index (χ0n) is 9.78. The summed E-state index contributed by atoms with van der Waals surface area (Å²) in [4.78, 5) is 14.1. The fourth-order valence-electron chi connectivity index (χ4n) is 2.29. The van der Waals surface area contributed by atoms with E-state index in [0.29, 0.717) is 25.8 Å². The third-order valence-electron chi connectivity index (χ3n) is 3.66. The van der Waals surface area contributed by atoms with Gasteiger partial charge in [-0.15, -0.1) is 0 Å². The van der Waals surface area contributed by atoms with Crippen molar-refractivity contribution >= 4 is 5.91 Å². The molecule has 0 bridgehead atoms. The fraction of sp³-hybridized carbons (Fsp3) is 0.909. The Labute approximate surface area is 95.9 Å². The first-order chi connectivity index (χ1) is 7.69. The van der Waals surface area contributed by atoms with Crippen LogP contribution in [0.2, 0.25) is 0 Å². The second kappa shape index (κ2) is 4.69. The minimum absolute atomic E-state index is 0.133. The first kappa shape index (κ1) is 11.8. The lowest BCUT2D eigenvalue weighted by molar-refractivity contribution is -0.172. The molecule has 2 saturated heterocycles. The molecule has 92 valence electrons. The van der Waals surface area contributed by atoms with Crippen LogP contribution in [-0.2, 0) is 14.3 Å². The maximum Gasteiger partial charge on any atom is 0.234 e. The highest BCUT2D eigenvalue weighted by Gasteiger charge is 2.47. The van der Waals surface area contributed by atoms with Crippen molar-refractivity contribution in [3.8, 4) is 0 Å².